The number of carbonyl (C=O) groups is 4. The number of amides is 3. The summed E-state index contributed by atoms with van der Waals surface area (Å²) < 4.78 is 5.08. The van der Waals surface area contributed by atoms with E-state index < -0.39 is 35.0 Å². The molecule has 0 saturated carbocycles. The Labute approximate surface area is 170 Å². The van der Waals surface area contributed by atoms with E-state index in [1.54, 1.807) is 12.1 Å². The van der Waals surface area contributed by atoms with Gasteiger partial charge >= 0.3 is 0 Å². The summed E-state index contributed by atoms with van der Waals surface area (Å²) in [4.78, 5) is 60.7. The number of imide groups is 1. The minimum atomic E-state index is -0.876. The maximum Gasteiger partial charge on any atom is 0.273 e. The van der Waals surface area contributed by atoms with Crippen molar-refractivity contribution in [3.8, 4) is 5.75 Å². The maximum atomic E-state index is 13.1. The molecule has 154 valence electrons. The van der Waals surface area contributed by atoms with Gasteiger partial charge in [-0.25, -0.2) is 5.01 Å². The molecule has 3 rings (SSSR count). The number of nitrogens with zero attached hydrogens (tertiary/aromatic N) is 3. The molecule has 2 aromatic carbocycles. The highest BCUT2D eigenvalue weighted by molar-refractivity contribution is 6.08. The van der Waals surface area contributed by atoms with E-state index in [0.29, 0.717) is 10.8 Å². The van der Waals surface area contributed by atoms with E-state index in [-0.39, 0.29) is 29.7 Å². The molecule has 0 aromatic heterocycles. The van der Waals surface area contributed by atoms with Crippen molar-refractivity contribution in [3.63, 3.8) is 0 Å². The zero-order valence-electron chi connectivity index (χ0n) is 15.9. The van der Waals surface area contributed by atoms with E-state index >= 15 is 0 Å². The van der Waals surface area contributed by atoms with Crippen LogP contribution >= 0.6 is 0 Å². The van der Waals surface area contributed by atoms with Gasteiger partial charge in [-0.15, -0.1) is 0 Å². The number of Topliss-reactive ketones (excluding diaryl/α,β-unsaturated/α-hetero) is 1. The molecular weight excluding hydrogens is 394 g/mol. The second-order valence-electron chi connectivity index (χ2n) is 6.42. The quantitative estimate of drug-likeness (QED) is 0.295. The van der Waals surface area contributed by atoms with Gasteiger partial charge in [0.15, 0.2) is 5.78 Å². The highest BCUT2D eigenvalue weighted by atomic mass is 16.6. The summed E-state index contributed by atoms with van der Waals surface area (Å²) in [6, 6.07) is 11.0. The molecule has 1 heterocycles. The Morgan fingerprint density at radius 1 is 1.07 bits per heavy atom. The second kappa shape index (κ2) is 8.52. The summed E-state index contributed by atoms with van der Waals surface area (Å²) in [6.45, 7) is -0.605. The number of hydrazine groups is 1. The molecule has 0 spiro atoms. The van der Waals surface area contributed by atoms with Crippen LogP contribution in [0, 0.1) is 10.1 Å². The van der Waals surface area contributed by atoms with Crippen LogP contribution in [0.3, 0.4) is 0 Å². The van der Waals surface area contributed by atoms with Gasteiger partial charge in [0.2, 0.25) is 11.8 Å². The third-order valence-electron chi connectivity index (χ3n) is 4.49. The lowest BCUT2D eigenvalue weighted by Gasteiger charge is -2.29. The minimum Gasteiger partial charge on any atom is -0.497 e. The van der Waals surface area contributed by atoms with Crippen molar-refractivity contribution in [1.82, 2.24) is 10.0 Å². The molecule has 3 amide bonds. The van der Waals surface area contributed by atoms with Gasteiger partial charge in [-0.1, -0.05) is 18.2 Å². The van der Waals surface area contributed by atoms with Crippen LogP contribution in [-0.2, 0) is 9.59 Å². The number of benzene rings is 2. The molecule has 10 heteroatoms. The minimum absolute atomic E-state index is 0.0924. The predicted octanol–water partition coefficient (Wildman–Crippen LogP) is 1.99. The average molecular weight is 411 g/mol. The smallest absolute Gasteiger partial charge is 0.273 e. The molecule has 0 N–H and O–H groups in total. The van der Waals surface area contributed by atoms with E-state index in [1.165, 1.54) is 37.4 Å². The third-order valence-corrected chi connectivity index (χ3v) is 4.49. The lowest BCUT2D eigenvalue weighted by atomic mass is 10.1. The van der Waals surface area contributed by atoms with E-state index in [4.69, 9.17) is 4.74 Å². The fraction of sp³-hybridized carbons (Fsp3) is 0.200. The average Bonchev–Trinajstić information content (AvgIpc) is 3.09. The number of nitro groups is 1. The fourth-order valence-electron chi connectivity index (χ4n) is 2.99. The van der Waals surface area contributed by atoms with Gasteiger partial charge in [0, 0.05) is 36.1 Å². The van der Waals surface area contributed by atoms with Crippen molar-refractivity contribution >= 4 is 29.2 Å². The molecule has 1 fully saturated rings. The van der Waals surface area contributed by atoms with Crippen LogP contribution in [0.1, 0.15) is 33.6 Å². The van der Waals surface area contributed by atoms with Crippen molar-refractivity contribution in [2.24, 2.45) is 0 Å². The molecule has 0 aliphatic carbocycles. The number of non-ortho nitro benzene ring substituents is 1. The highest BCUT2D eigenvalue weighted by Crippen LogP contribution is 2.21. The van der Waals surface area contributed by atoms with Crippen LogP contribution in [0.2, 0.25) is 0 Å². The first-order chi connectivity index (χ1) is 14.3. The number of ketones is 1. The summed E-state index contributed by atoms with van der Waals surface area (Å²) >= 11 is 0. The van der Waals surface area contributed by atoms with E-state index in [9.17, 15) is 29.3 Å². The summed E-state index contributed by atoms with van der Waals surface area (Å²) in [6.07, 6.45) is -0.185. The van der Waals surface area contributed by atoms with Gasteiger partial charge in [0.25, 0.3) is 11.6 Å². The van der Waals surface area contributed by atoms with Crippen molar-refractivity contribution in [1.29, 1.82) is 0 Å². The standard InChI is InChI=1S/C20H17N3O7/c1-30-16-7-3-4-13(11-16)17(24)12-21(22-18(25)8-9-19(22)26)20(27)14-5-2-6-15(10-14)23(28)29/h2-7,10-11H,8-9,12H2,1H3. The van der Waals surface area contributed by atoms with E-state index in [0.717, 1.165) is 11.1 Å². The van der Waals surface area contributed by atoms with Crippen LogP contribution in [0.15, 0.2) is 48.5 Å². The topological polar surface area (TPSA) is 127 Å². The molecule has 2 aromatic rings. The van der Waals surface area contributed by atoms with Crippen LogP contribution in [0.4, 0.5) is 5.69 Å². The van der Waals surface area contributed by atoms with Crippen molar-refractivity contribution in [2.45, 2.75) is 12.8 Å². The number of carbonyl (C=O) groups excluding carboxylic acids is 4. The number of hydrogen-bond donors (Lipinski definition) is 0. The molecule has 0 unspecified atom stereocenters. The van der Waals surface area contributed by atoms with Crippen LogP contribution in [-0.4, -0.2) is 52.1 Å². The summed E-state index contributed by atoms with van der Waals surface area (Å²) in [5.74, 6) is -2.25. The van der Waals surface area contributed by atoms with Crippen LogP contribution in [0.25, 0.3) is 0 Å². The summed E-state index contributed by atoms with van der Waals surface area (Å²) in [5.41, 5.74) is -0.251. The third kappa shape index (κ3) is 4.17. The molecule has 0 radical (unpaired) electrons. The molecule has 1 aliphatic heterocycles. The fourth-order valence-corrected chi connectivity index (χ4v) is 2.99. The second-order valence-corrected chi connectivity index (χ2v) is 6.42. The van der Waals surface area contributed by atoms with Gasteiger partial charge in [-0.05, 0) is 18.2 Å². The van der Waals surface area contributed by atoms with Crippen molar-refractivity contribution in [3.05, 3.63) is 69.8 Å². The molecule has 1 saturated heterocycles. The van der Waals surface area contributed by atoms with E-state index in [1.807, 2.05) is 0 Å². The Morgan fingerprint density at radius 3 is 2.33 bits per heavy atom. The number of nitro benzene ring substituents is 1. The number of ether oxygens (including phenoxy) is 1. The molecule has 0 atom stereocenters. The SMILES string of the molecule is COc1cccc(C(=O)CN(C(=O)c2cccc([N+](=O)[O-])c2)N2C(=O)CCC2=O)c1. The normalized spacial score (nSPS) is 13.3. The van der Waals surface area contributed by atoms with Gasteiger partial charge in [-0.3, -0.25) is 29.3 Å². The first-order valence-corrected chi connectivity index (χ1v) is 8.91. The summed E-state index contributed by atoms with van der Waals surface area (Å²) in [5, 5.41) is 12.4. The Morgan fingerprint density at radius 2 is 1.70 bits per heavy atom. The zero-order valence-corrected chi connectivity index (χ0v) is 15.9. The van der Waals surface area contributed by atoms with Crippen molar-refractivity contribution in [2.75, 3.05) is 13.7 Å². The Balaban J connectivity index is 1.96. The van der Waals surface area contributed by atoms with E-state index in [2.05, 4.69) is 0 Å². The van der Waals surface area contributed by atoms with Crippen molar-refractivity contribution < 1.29 is 28.8 Å². The van der Waals surface area contributed by atoms with Crippen LogP contribution in [0.5, 0.6) is 5.75 Å². The lowest BCUT2D eigenvalue weighted by Crippen LogP contribution is -2.51. The lowest BCUT2D eigenvalue weighted by molar-refractivity contribution is -0.384. The highest BCUT2D eigenvalue weighted by Gasteiger charge is 2.38. The Hall–Kier alpha value is -4.08. The van der Waals surface area contributed by atoms with Crippen LogP contribution < -0.4 is 4.74 Å². The molecular formula is C20H17N3O7. The monoisotopic (exact) mass is 411 g/mol. The first kappa shape index (κ1) is 20.6. The van der Waals surface area contributed by atoms with Gasteiger partial charge in [0.05, 0.1) is 12.0 Å². The van der Waals surface area contributed by atoms with Gasteiger partial charge < -0.3 is 4.74 Å². The number of rotatable bonds is 7. The molecule has 30 heavy (non-hydrogen) atoms. The number of hydrogen-bond acceptors (Lipinski definition) is 7. The Kier molecular flexibility index (Phi) is 5.86. The molecule has 0 bridgehead atoms. The number of methoxy groups -OCH3 is 1. The molecule has 10 nitrogen and oxygen atoms in total. The summed E-state index contributed by atoms with van der Waals surface area (Å²) in [7, 11) is 1.43. The zero-order chi connectivity index (χ0) is 21.8. The van der Waals surface area contributed by atoms with Gasteiger partial charge in [-0.2, -0.15) is 5.01 Å². The predicted molar refractivity (Wildman–Crippen MR) is 103 cm³/mol. The maximum absolute atomic E-state index is 13.1. The first-order valence-electron chi connectivity index (χ1n) is 8.91. The largest absolute Gasteiger partial charge is 0.497 e. The van der Waals surface area contributed by atoms with Gasteiger partial charge in [0.1, 0.15) is 12.3 Å². The Bertz CT molecular complexity index is 1030. The molecule has 1 aliphatic rings.